The van der Waals surface area contributed by atoms with Gasteiger partial charge in [0, 0.05) is 31.3 Å². The first-order chi connectivity index (χ1) is 8.28. The second kappa shape index (κ2) is 4.17. The van der Waals surface area contributed by atoms with Crippen LogP contribution in [-0.4, -0.2) is 21.3 Å². The fourth-order valence-corrected chi connectivity index (χ4v) is 2.38. The Hall–Kier alpha value is -1.31. The molecule has 3 rings (SSSR count). The molecule has 3 heterocycles. The molecule has 0 saturated carbocycles. The summed E-state index contributed by atoms with van der Waals surface area (Å²) in [6.45, 7) is 0.860. The highest BCUT2D eigenvalue weighted by Crippen LogP contribution is 2.36. The Morgan fingerprint density at radius 1 is 1.53 bits per heavy atom. The van der Waals surface area contributed by atoms with E-state index < -0.39 is 0 Å². The zero-order valence-electron chi connectivity index (χ0n) is 9.22. The molecule has 0 aromatic carbocycles. The minimum absolute atomic E-state index is 0.303. The third-order valence-electron chi connectivity index (χ3n) is 2.96. The van der Waals surface area contributed by atoms with E-state index in [1.54, 1.807) is 6.20 Å². The minimum atomic E-state index is 0.303. The SMILES string of the molecule is Cn1cc(C2CNc3ncc(OI)cc32)cn1. The van der Waals surface area contributed by atoms with Crippen LogP contribution in [0.1, 0.15) is 17.0 Å². The summed E-state index contributed by atoms with van der Waals surface area (Å²) in [6, 6.07) is 2.03. The molecule has 0 bridgehead atoms. The average Bonchev–Trinajstić information content (AvgIpc) is 2.93. The molecule has 0 aliphatic carbocycles. The number of hydrogen-bond acceptors (Lipinski definition) is 4. The van der Waals surface area contributed by atoms with E-state index >= 15 is 0 Å². The highest BCUT2D eigenvalue weighted by molar-refractivity contribution is 14.1. The van der Waals surface area contributed by atoms with Crippen molar-refractivity contribution < 1.29 is 3.07 Å². The van der Waals surface area contributed by atoms with E-state index in [-0.39, 0.29) is 0 Å². The summed E-state index contributed by atoms with van der Waals surface area (Å²) in [6.07, 6.45) is 5.67. The standard InChI is InChI=1S/C11H11IN4O/c1-16-6-7(3-15-16)10-5-14-11-9(10)2-8(17-12)4-13-11/h2-4,6,10H,5H2,1H3,(H,13,14). The van der Waals surface area contributed by atoms with Gasteiger partial charge in [-0.05, 0) is 11.6 Å². The van der Waals surface area contributed by atoms with Crippen LogP contribution in [0, 0.1) is 0 Å². The van der Waals surface area contributed by atoms with Gasteiger partial charge in [-0.2, -0.15) is 5.10 Å². The predicted molar refractivity (Wildman–Crippen MR) is 72.4 cm³/mol. The summed E-state index contributed by atoms with van der Waals surface area (Å²) >= 11 is 1.87. The molecule has 17 heavy (non-hydrogen) atoms. The Kier molecular flexibility index (Phi) is 2.65. The van der Waals surface area contributed by atoms with E-state index in [2.05, 4.69) is 15.4 Å². The van der Waals surface area contributed by atoms with Crippen molar-refractivity contribution >= 4 is 28.8 Å². The highest BCUT2D eigenvalue weighted by Gasteiger charge is 2.26. The lowest BCUT2D eigenvalue weighted by atomic mass is 9.97. The smallest absolute Gasteiger partial charge is 0.192 e. The Morgan fingerprint density at radius 2 is 2.41 bits per heavy atom. The first-order valence-corrected chi connectivity index (χ1v) is 6.17. The van der Waals surface area contributed by atoms with Gasteiger partial charge < -0.3 is 8.38 Å². The zero-order chi connectivity index (χ0) is 11.8. The van der Waals surface area contributed by atoms with E-state index in [4.69, 9.17) is 3.07 Å². The maximum absolute atomic E-state index is 5.19. The Labute approximate surface area is 113 Å². The lowest BCUT2D eigenvalue weighted by Gasteiger charge is -2.07. The molecular formula is C11H11IN4O. The van der Waals surface area contributed by atoms with Gasteiger partial charge in [-0.25, -0.2) is 4.98 Å². The van der Waals surface area contributed by atoms with E-state index in [9.17, 15) is 0 Å². The van der Waals surface area contributed by atoms with Crippen LogP contribution in [0.15, 0.2) is 24.7 Å². The maximum atomic E-state index is 5.19. The lowest BCUT2D eigenvalue weighted by molar-refractivity contribution is 0.708. The number of pyridine rings is 1. The summed E-state index contributed by atoms with van der Waals surface area (Å²) in [5.41, 5.74) is 2.37. The molecule has 1 N–H and O–H groups in total. The second-order valence-corrected chi connectivity index (χ2v) is 4.51. The quantitative estimate of drug-likeness (QED) is 0.850. The molecule has 2 aromatic rings. The number of aryl methyl sites for hydroxylation is 1. The average molecular weight is 342 g/mol. The third kappa shape index (κ3) is 1.86. The fourth-order valence-electron chi connectivity index (χ4n) is 2.14. The Bertz CT molecular complexity index is 554. The van der Waals surface area contributed by atoms with Gasteiger partial charge in [0.05, 0.1) is 12.4 Å². The summed E-state index contributed by atoms with van der Waals surface area (Å²) in [4.78, 5) is 4.34. The summed E-state index contributed by atoms with van der Waals surface area (Å²) in [7, 11) is 1.93. The van der Waals surface area contributed by atoms with E-state index in [1.807, 2.05) is 53.2 Å². The van der Waals surface area contributed by atoms with Gasteiger partial charge in [0.2, 0.25) is 0 Å². The van der Waals surface area contributed by atoms with Crippen molar-refractivity contribution in [3.8, 4) is 5.75 Å². The van der Waals surface area contributed by atoms with Crippen molar-refractivity contribution in [3.05, 3.63) is 35.8 Å². The van der Waals surface area contributed by atoms with Crippen LogP contribution < -0.4 is 8.38 Å². The number of aromatic nitrogens is 3. The molecule has 88 valence electrons. The number of halogens is 1. The van der Waals surface area contributed by atoms with Gasteiger partial charge in [0.15, 0.2) is 28.8 Å². The molecule has 0 radical (unpaired) electrons. The number of nitrogens with one attached hydrogen (secondary N) is 1. The molecule has 1 aliphatic heterocycles. The van der Waals surface area contributed by atoms with E-state index in [1.165, 1.54) is 11.1 Å². The second-order valence-electron chi connectivity index (χ2n) is 4.07. The topological polar surface area (TPSA) is 52.0 Å². The van der Waals surface area contributed by atoms with Crippen molar-refractivity contribution in [3.63, 3.8) is 0 Å². The first kappa shape index (κ1) is 10.8. The van der Waals surface area contributed by atoms with Gasteiger partial charge >= 0.3 is 0 Å². The van der Waals surface area contributed by atoms with Crippen LogP contribution in [0.2, 0.25) is 0 Å². The Balaban J connectivity index is 2.02. The van der Waals surface area contributed by atoms with Crippen LogP contribution in [0.4, 0.5) is 5.82 Å². The number of fused-ring (bicyclic) bond motifs is 1. The zero-order valence-corrected chi connectivity index (χ0v) is 11.4. The third-order valence-corrected chi connectivity index (χ3v) is 3.47. The van der Waals surface area contributed by atoms with Crippen LogP contribution in [-0.2, 0) is 7.05 Å². The number of nitrogens with zero attached hydrogens (tertiary/aromatic N) is 3. The molecular weight excluding hydrogens is 331 g/mol. The lowest BCUT2D eigenvalue weighted by Crippen LogP contribution is -2.02. The summed E-state index contributed by atoms with van der Waals surface area (Å²) in [5, 5.41) is 7.52. The predicted octanol–water partition coefficient (Wildman–Crippen LogP) is 2.10. The van der Waals surface area contributed by atoms with Crippen LogP contribution in [0.3, 0.4) is 0 Å². The van der Waals surface area contributed by atoms with Crippen molar-refractivity contribution in [2.24, 2.45) is 7.05 Å². The highest BCUT2D eigenvalue weighted by atomic mass is 127. The number of anilines is 1. The molecule has 2 aromatic heterocycles. The number of hydrogen-bond donors (Lipinski definition) is 1. The molecule has 1 aliphatic rings. The van der Waals surface area contributed by atoms with Crippen LogP contribution >= 0.6 is 23.0 Å². The monoisotopic (exact) mass is 342 g/mol. The van der Waals surface area contributed by atoms with Gasteiger partial charge in [-0.3, -0.25) is 4.68 Å². The number of rotatable bonds is 2. The van der Waals surface area contributed by atoms with Gasteiger partial charge in [-0.15, -0.1) is 0 Å². The van der Waals surface area contributed by atoms with Gasteiger partial charge in [0.25, 0.3) is 0 Å². The van der Waals surface area contributed by atoms with Crippen LogP contribution in [0.25, 0.3) is 0 Å². The van der Waals surface area contributed by atoms with E-state index in [0.29, 0.717) is 5.92 Å². The maximum Gasteiger partial charge on any atom is 0.192 e. The van der Waals surface area contributed by atoms with E-state index in [0.717, 1.165) is 18.1 Å². The van der Waals surface area contributed by atoms with Gasteiger partial charge in [-0.1, -0.05) is 0 Å². The summed E-state index contributed by atoms with van der Waals surface area (Å²) in [5.74, 6) is 2.02. The van der Waals surface area contributed by atoms with Crippen LogP contribution in [0.5, 0.6) is 5.75 Å². The van der Waals surface area contributed by atoms with Crippen molar-refractivity contribution in [1.82, 2.24) is 14.8 Å². The molecule has 5 nitrogen and oxygen atoms in total. The molecule has 0 spiro atoms. The first-order valence-electron chi connectivity index (χ1n) is 5.29. The van der Waals surface area contributed by atoms with Crippen molar-refractivity contribution in [2.45, 2.75) is 5.92 Å². The molecule has 1 unspecified atom stereocenters. The molecule has 0 fully saturated rings. The minimum Gasteiger partial charge on any atom is -0.426 e. The van der Waals surface area contributed by atoms with Crippen molar-refractivity contribution in [1.29, 1.82) is 0 Å². The fraction of sp³-hybridized carbons (Fsp3) is 0.273. The largest absolute Gasteiger partial charge is 0.426 e. The molecule has 1 atom stereocenters. The normalized spacial score (nSPS) is 17.6. The molecule has 6 heteroatoms. The van der Waals surface area contributed by atoms with Gasteiger partial charge in [0.1, 0.15) is 5.82 Å². The summed E-state index contributed by atoms with van der Waals surface area (Å²) < 4.78 is 7.01. The van der Waals surface area contributed by atoms with Crippen molar-refractivity contribution in [2.75, 3.05) is 11.9 Å². The Morgan fingerprint density at radius 3 is 3.12 bits per heavy atom. The molecule has 0 amide bonds. The molecule has 0 saturated heterocycles.